The van der Waals surface area contributed by atoms with Gasteiger partial charge < -0.3 is 39.2 Å². The van der Waals surface area contributed by atoms with E-state index in [4.69, 9.17) is 23.7 Å². The zero-order chi connectivity index (χ0) is 37.2. The fraction of sp³-hybridized carbons (Fsp3) is 0.410. The molecule has 2 bridgehead atoms. The topological polar surface area (TPSA) is 159 Å². The molecule has 3 aliphatic rings. The van der Waals surface area contributed by atoms with Crippen molar-refractivity contribution in [2.24, 2.45) is 0 Å². The summed E-state index contributed by atoms with van der Waals surface area (Å²) in [7, 11) is 9.74. The highest BCUT2D eigenvalue weighted by Crippen LogP contribution is 2.58. The molecule has 5 atom stereocenters. The predicted octanol–water partition coefficient (Wildman–Crippen LogP) is 4.51. The molecule has 0 aliphatic carbocycles. The molecule has 0 unspecified atom stereocenters. The third kappa shape index (κ3) is 5.03. The molecule has 1 aromatic heterocycles. The number of nitriles is 1. The van der Waals surface area contributed by atoms with E-state index in [-0.39, 0.29) is 35.5 Å². The average Bonchev–Trinajstić information content (AvgIpc) is 3.14. The van der Waals surface area contributed by atoms with Crippen LogP contribution in [-0.2, 0) is 12.8 Å². The first-order valence-corrected chi connectivity index (χ1v) is 17.1. The molecule has 1 amide bonds. The van der Waals surface area contributed by atoms with E-state index in [0.717, 1.165) is 16.5 Å². The van der Waals surface area contributed by atoms with E-state index in [1.165, 1.54) is 14.2 Å². The maximum absolute atomic E-state index is 13.8. The monoisotopic (exact) mass is 709 g/mol. The Balaban J connectivity index is 1.39. The van der Waals surface area contributed by atoms with Crippen LogP contribution in [0.25, 0.3) is 10.9 Å². The summed E-state index contributed by atoms with van der Waals surface area (Å²) in [5, 5.41) is 38.6. The number of likely N-dealkylation sites (N-methyl/N-ethyl adjacent to an activating group) is 1. The number of piperazine rings is 1. The minimum atomic E-state index is -0.702. The summed E-state index contributed by atoms with van der Waals surface area (Å²) < 4.78 is 28.7. The van der Waals surface area contributed by atoms with Crippen LogP contribution in [0.5, 0.6) is 40.2 Å². The molecule has 52 heavy (non-hydrogen) atoms. The molecule has 0 spiro atoms. The van der Waals surface area contributed by atoms with Crippen LogP contribution >= 0.6 is 0 Å². The molecule has 13 heteroatoms. The first-order chi connectivity index (χ1) is 25.0. The molecule has 13 nitrogen and oxygen atoms in total. The number of hydrogen-bond donors (Lipinski definition) is 3. The molecule has 272 valence electrons. The molecule has 3 aromatic carbocycles. The van der Waals surface area contributed by atoms with Crippen molar-refractivity contribution in [3.63, 3.8) is 0 Å². The summed E-state index contributed by atoms with van der Waals surface area (Å²) in [6, 6.07) is 8.93. The van der Waals surface area contributed by atoms with E-state index in [2.05, 4.69) is 26.2 Å². The Bertz CT molecular complexity index is 2150. The SMILES string of the molecule is COc1ccc2nc(C(=O)NC[C@H]3c4c(O)c(OC)c(C)c(OC)c4C[C@H]4[C@H]5c6c(O)c(OC)c(C)c(OC)c6C[C@@H]([C@H](C#N)N34)N5C)ccc2c1. The maximum Gasteiger partial charge on any atom is 0.269 e. The number of ether oxygens (including phenoxy) is 5. The van der Waals surface area contributed by atoms with Crippen LogP contribution < -0.4 is 29.0 Å². The molecule has 7 rings (SSSR count). The van der Waals surface area contributed by atoms with E-state index in [1.807, 2.05) is 33.0 Å². The number of nitrogens with zero attached hydrogens (tertiary/aromatic N) is 4. The number of nitrogens with one attached hydrogen (secondary N) is 1. The quantitative estimate of drug-likeness (QED) is 0.236. The largest absolute Gasteiger partial charge is 0.504 e. The Morgan fingerprint density at radius 1 is 0.865 bits per heavy atom. The normalized spacial score (nSPS) is 22.0. The number of phenolic OH excluding ortho intramolecular Hbond substituents is 2. The number of aromatic nitrogens is 1. The minimum absolute atomic E-state index is 0.0221. The number of pyridine rings is 1. The van der Waals surface area contributed by atoms with Gasteiger partial charge in [-0.15, -0.1) is 0 Å². The second-order valence-electron chi connectivity index (χ2n) is 13.5. The third-order valence-corrected chi connectivity index (χ3v) is 11.2. The van der Waals surface area contributed by atoms with Crippen molar-refractivity contribution in [3.8, 4) is 46.3 Å². The Hall–Kier alpha value is -5.45. The number of rotatable bonds is 8. The van der Waals surface area contributed by atoms with Crippen LogP contribution in [0.15, 0.2) is 30.3 Å². The summed E-state index contributed by atoms with van der Waals surface area (Å²) >= 11 is 0. The highest BCUT2D eigenvalue weighted by Gasteiger charge is 2.57. The van der Waals surface area contributed by atoms with Crippen LogP contribution in [-0.4, -0.2) is 98.2 Å². The van der Waals surface area contributed by atoms with Gasteiger partial charge >= 0.3 is 0 Å². The molecule has 0 radical (unpaired) electrons. The molecular weight excluding hydrogens is 666 g/mol. The molecule has 3 aliphatic heterocycles. The molecule has 0 saturated carbocycles. The van der Waals surface area contributed by atoms with Crippen molar-refractivity contribution in [2.75, 3.05) is 49.1 Å². The van der Waals surface area contributed by atoms with Gasteiger partial charge in [-0.3, -0.25) is 14.6 Å². The Kier molecular flexibility index (Phi) is 8.92. The van der Waals surface area contributed by atoms with E-state index >= 15 is 0 Å². The fourth-order valence-corrected chi connectivity index (χ4v) is 9.05. The maximum atomic E-state index is 13.8. The van der Waals surface area contributed by atoms with Crippen molar-refractivity contribution in [2.45, 2.75) is 56.9 Å². The Morgan fingerprint density at radius 3 is 2.06 bits per heavy atom. The lowest BCUT2D eigenvalue weighted by atomic mass is 9.71. The van der Waals surface area contributed by atoms with E-state index in [1.54, 1.807) is 39.5 Å². The van der Waals surface area contributed by atoms with Gasteiger partial charge in [-0.25, -0.2) is 4.98 Å². The van der Waals surface area contributed by atoms with E-state index in [0.29, 0.717) is 63.6 Å². The number of carbonyl (C=O) groups excluding carboxylic acids is 1. The number of hydrogen-bond acceptors (Lipinski definition) is 12. The molecule has 3 N–H and O–H groups in total. The first kappa shape index (κ1) is 35.0. The van der Waals surface area contributed by atoms with Gasteiger partial charge in [-0.05, 0) is 58.0 Å². The van der Waals surface area contributed by atoms with Gasteiger partial charge in [0, 0.05) is 57.4 Å². The van der Waals surface area contributed by atoms with Crippen LogP contribution in [0.2, 0.25) is 0 Å². The summed E-state index contributed by atoms with van der Waals surface area (Å²) in [6.45, 7) is 3.69. The predicted molar refractivity (Wildman–Crippen MR) is 192 cm³/mol. The number of fused-ring (bicyclic) bond motifs is 8. The summed E-state index contributed by atoms with van der Waals surface area (Å²) in [5.41, 5.74) is 4.91. The molecular formula is C39H43N5O8. The lowest BCUT2D eigenvalue weighted by Gasteiger charge is -2.60. The van der Waals surface area contributed by atoms with Crippen LogP contribution in [0.4, 0.5) is 0 Å². The number of benzene rings is 3. The number of methoxy groups -OCH3 is 5. The lowest BCUT2D eigenvalue weighted by Crippen LogP contribution is -2.68. The van der Waals surface area contributed by atoms with Crippen LogP contribution in [0.1, 0.15) is 56.0 Å². The minimum Gasteiger partial charge on any atom is -0.504 e. The van der Waals surface area contributed by atoms with Gasteiger partial charge in [-0.1, -0.05) is 6.07 Å². The highest BCUT2D eigenvalue weighted by molar-refractivity contribution is 5.95. The summed E-state index contributed by atoms with van der Waals surface area (Å²) in [6.07, 6.45) is 0.768. The van der Waals surface area contributed by atoms with Crippen LogP contribution in [0, 0.1) is 25.2 Å². The number of phenols is 2. The first-order valence-electron chi connectivity index (χ1n) is 17.1. The fourth-order valence-electron chi connectivity index (χ4n) is 9.05. The van der Waals surface area contributed by atoms with E-state index in [9.17, 15) is 20.3 Å². The Morgan fingerprint density at radius 2 is 1.46 bits per heavy atom. The van der Waals surface area contributed by atoms with Gasteiger partial charge in [0.1, 0.15) is 29.0 Å². The molecule has 1 fully saturated rings. The Labute approximate surface area is 302 Å². The van der Waals surface area contributed by atoms with Gasteiger partial charge in [0.2, 0.25) is 0 Å². The summed E-state index contributed by atoms with van der Waals surface area (Å²) in [5.74, 6) is 1.97. The van der Waals surface area contributed by atoms with Crippen molar-refractivity contribution < 1.29 is 38.7 Å². The zero-order valence-corrected chi connectivity index (χ0v) is 30.5. The summed E-state index contributed by atoms with van der Waals surface area (Å²) in [4.78, 5) is 22.7. The molecule has 4 aromatic rings. The second-order valence-corrected chi connectivity index (χ2v) is 13.5. The van der Waals surface area contributed by atoms with Crippen molar-refractivity contribution >= 4 is 16.8 Å². The van der Waals surface area contributed by atoms with Crippen molar-refractivity contribution in [1.29, 1.82) is 5.26 Å². The van der Waals surface area contributed by atoms with Gasteiger partial charge in [0.25, 0.3) is 5.91 Å². The molecule has 4 heterocycles. The van der Waals surface area contributed by atoms with Crippen LogP contribution in [0.3, 0.4) is 0 Å². The standard InChI is InChI=1S/C39H43N5O8/c1-18-35(49-5)22-15-27-32-31-23(36(50-6)19(2)38(52-8)34(31)46)14-26(43(32)3)28(16-40)44(27)29(30(22)33(45)37(18)51-7)17-41-39(47)25-11-9-20-13-21(48-4)10-12-24(20)42-25/h9-13,26-29,32,45-46H,14-15,17H2,1-8H3,(H,41,47)/t26-,27-,28-,29-,32-/m0/s1. The molecule has 1 saturated heterocycles. The number of amides is 1. The second kappa shape index (κ2) is 13.3. The lowest BCUT2D eigenvalue weighted by molar-refractivity contribution is -0.0724. The van der Waals surface area contributed by atoms with Gasteiger partial charge in [0.05, 0.1) is 59.2 Å². The van der Waals surface area contributed by atoms with Crippen molar-refractivity contribution in [3.05, 3.63) is 69.4 Å². The van der Waals surface area contributed by atoms with E-state index < -0.39 is 30.1 Å². The average molecular weight is 710 g/mol. The zero-order valence-electron chi connectivity index (χ0n) is 30.5. The van der Waals surface area contributed by atoms with Gasteiger partial charge in [0.15, 0.2) is 23.0 Å². The smallest absolute Gasteiger partial charge is 0.269 e. The van der Waals surface area contributed by atoms with Crippen molar-refractivity contribution in [1.82, 2.24) is 20.1 Å². The third-order valence-electron chi connectivity index (χ3n) is 11.2. The number of carbonyl (C=O) groups is 1. The number of aromatic hydroxyl groups is 2. The van der Waals surface area contributed by atoms with Gasteiger partial charge in [-0.2, -0.15) is 5.26 Å². The highest BCUT2D eigenvalue weighted by atomic mass is 16.5.